The number of rotatable bonds is 3. The first-order valence-electron chi connectivity index (χ1n) is 7.33. The average Bonchev–Trinajstić information content (AvgIpc) is 2.57. The third-order valence-corrected chi connectivity index (χ3v) is 3.75. The van der Waals surface area contributed by atoms with Crippen molar-refractivity contribution in [2.45, 2.75) is 19.3 Å². The summed E-state index contributed by atoms with van der Waals surface area (Å²) in [6, 6.07) is 14.1. The maximum Gasteiger partial charge on any atom is 0.130 e. The van der Waals surface area contributed by atoms with E-state index in [-0.39, 0.29) is 0 Å². The molecule has 4 heteroatoms. The van der Waals surface area contributed by atoms with E-state index < -0.39 is 0 Å². The van der Waals surface area contributed by atoms with Crippen LogP contribution in [0, 0.1) is 11.3 Å². The van der Waals surface area contributed by atoms with E-state index in [0.717, 1.165) is 24.6 Å². The molecule has 1 saturated heterocycles. The highest BCUT2D eigenvalue weighted by atomic mass is 15.1. The Morgan fingerprint density at radius 2 is 1.76 bits per heavy atom. The zero-order valence-electron chi connectivity index (χ0n) is 11.9. The first-order valence-corrected chi connectivity index (χ1v) is 7.33. The van der Waals surface area contributed by atoms with Gasteiger partial charge in [-0.15, -0.1) is 0 Å². The van der Waals surface area contributed by atoms with Gasteiger partial charge in [0.15, 0.2) is 0 Å². The van der Waals surface area contributed by atoms with Crippen molar-refractivity contribution in [2.24, 2.45) is 0 Å². The lowest BCUT2D eigenvalue weighted by Gasteiger charge is -2.28. The van der Waals surface area contributed by atoms with Gasteiger partial charge >= 0.3 is 0 Å². The summed E-state index contributed by atoms with van der Waals surface area (Å²) in [7, 11) is 0. The van der Waals surface area contributed by atoms with Crippen molar-refractivity contribution >= 4 is 17.2 Å². The average molecular weight is 278 g/mol. The molecule has 0 bridgehead atoms. The molecule has 1 aromatic carbocycles. The van der Waals surface area contributed by atoms with Gasteiger partial charge in [-0.1, -0.05) is 0 Å². The van der Waals surface area contributed by atoms with Crippen molar-refractivity contribution in [1.82, 2.24) is 4.98 Å². The highest BCUT2D eigenvalue weighted by Crippen LogP contribution is 2.23. The molecule has 0 amide bonds. The molecule has 3 rings (SSSR count). The Labute approximate surface area is 125 Å². The number of benzene rings is 1. The first kappa shape index (κ1) is 13.4. The quantitative estimate of drug-likeness (QED) is 0.930. The molecule has 0 unspecified atom stereocenters. The van der Waals surface area contributed by atoms with E-state index in [2.05, 4.69) is 45.5 Å². The summed E-state index contributed by atoms with van der Waals surface area (Å²) < 4.78 is 0. The SMILES string of the molecule is N#Cc1ccc(Nc2ccc(N3CCCCC3)cc2)nc1. The molecule has 1 aliphatic rings. The molecule has 106 valence electrons. The molecule has 0 aliphatic carbocycles. The maximum atomic E-state index is 8.76. The molecule has 0 spiro atoms. The fourth-order valence-electron chi connectivity index (χ4n) is 2.59. The maximum absolute atomic E-state index is 8.76. The third kappa shape index (κ3) is 3.32. The summed E-state index contributed by atoms with van der Waals surface area (Å²) in [5.41, 5.74) is 2.86. The topological polar surface area (TPSA) is 52.0 Å². The van der Waals surface area contributed by atoms with Gasteiger partial charge in [0.25, 0.3) is 0 Å². The first-order chi connectivity index (χ1) is 10.3. The molecule has 1 aliphatic heterocycles. The number of hydrogen-bond donors (Lipinski definition) is 1. The van der Waals surface area contributed by atoms with E-state index >= 15 is 0 Å². The highest BCUT2D eigenvalue weighted by molar-refractivity contribution is 5.61. The number of nitrogens with one attached hydrogen (secondary N) is 1. The van der Waals surface area contributed by atoms with Crippen molar-refractivity contribution in [3.63, 3.8) is 0 Å². The highest BCUT2D eigenvalue weighted by Gasteiger charge is 2.10. The smallest absolute Gasteiger partial charge is 0.130 e. The van der Waals surface area contributed by atoms with E-state index in [1.165, 1.54) is 24.9 Å². The van der Waals surface area contributed by atoms with Gasteiger partial charge in [-0.05, 0) is 55.7 Å². The van der Waals surface area contributed by atoms with Crippen LogP contribution in [0.4, 0.5) is 17.2 Å². The molecule has 0 saturated carbocycles. The minimum absolute atomic E-state index is 0.570. The molecule has 2 aromatic rings. The zero-order valence-corrected chi connectivity index (χ0v) is 11.9. The number of hydrogen-bond acceptors (Lipinski definition) is 4. The van der Waals surface area contributed by atoms with Crippen LogP contribution in [0.25, 0.3) is 0 Å². The Balaban J connectivity index is 1.67. The zero-order chi connectivity index (χ0) is 14.5. The lowest BCUT2D eigenvalue weighted by Crippen LogP contribution is -2.29. The van der Waals surface area contributed by atoms with Gasteiger partial charge < -0.3 is 10.2 Å². The Kier molecular flexibility index (Phi) is 4.02. The second-order valence-electron chi connectivity index (χ2n) is 5.26. The Hall–Kier alpha value is -2.54. The normalized spacial score (nSPS) is 14.5. The molecule has 1 fully saturated rings. The largest absolute Gasteiger partial charge is 0.372 e. The number of pyridine rings is 1. The second-order valence-corrected chi connectivity index (χ2v) is 5.26. The van der Waals surface area contributed by atoms with Crippen molar-refractivity contribution in [1.29, 1.82) is 5.26 Å². The molecule has 21 heavy (non-hydrogen) atoms. The van der Waals surface area contributed by atoms with E-state index in [9.17, 15) is 0 Å². The molecule has 1 N–H and O–H groups in total. The van der Waals surface area contributed by atoms with Crippen molar-refractivity contribution in [3.05, 3.63) is 48.2 Å². The minimum Gasteiger partial charge on any atom is -0.372 e. The van der Waals surface area contributed by atoms with Crippen LogP contribution in [0.3, 0.4) is 0 Å². The summed E-state index contributed by atoms with van der Waals surface area (Å²) >= 11 is 0. The fourth-order valence-corrected chi connectivity index (χ4v) is 2.59. The van der Waals surface area contributed by atoms with Gasteiger partial charge in [-0.3, -0.25) is 0 Å². The van der Waals surface area contributed by atoms with Gasteiger partial charge in [0.2, 0.25) is 0 Å². The summed E-state index contributed by atoms with van der Waals surface area (Å²) in [5.74, 6) is 0.750. The number of nitriles is 1. The van der Waals surface area contributed by atoms with Gasteiger partial charge in [0.05, 0.1) is 5.56 Å². The van der Waals surface area contributed by atoms with E-state index in [0.29, 0.717) is 5.56 Å². The monoisotopic (exact) mass is 278 g/mol. The van der Waals surface area contributed by atoms with Crippen LogP contribution in [-0.4, -0.2) is 18.1 Å². The van der Waals surface area contributed by atoms with Crippen LogP contribution in [-0.2, 0) is 0 Å². The Morgan fingerprint density at radius 1 is 1.00 bits per heavy atom. The van der Waals surface area contributed by atoms with Gasteiger partial charge in [0.1, 0.15) is 11.9 Å². The molecular weight excluding hydrogens is 260 g/mol. The van der Waals surface area contributed by atoms with E-state index in [1.54, 1.807) is 12.3 Å². The Bertz CT molecular complexity index is 619. The molecule has 4 nitrogen and oxygen atoms in total. The summed E-state index contributed by atoms with van der Waals surface area (Å²) in [6.07, 6.45) is 5.50. The number of aromatic nitrogens is 1. The summed E-state index contributed by atoms with van der Waals surface area (Å²) in [5, 5.41) is 12.0. The number of piperidine rings is 1. The third-order valence-electron chi connectivity index (χ3n) is 3.75. The number of anilines is 3. The molecule has 0 atom stereocenters. The summed E-state index contributed by atoms with van der Waals surface area (Å²) in [4.78, 5) is 6.65. The van der Waals surface area contributed by atoms with Crippen LogP contribution in [0.1, 0.15) is 24.8 Å². The molecule has 0 radical (unpaired) electrons. The van der Waals surface area contributed by atoms with Crippen LogP contribution in [0.2, 0.25) is 0 Å². The number of nitrogens with zero attached hydrogens (tertiary/aromatic N) is 3. The lowest BCUT2D eigenvalue weighted by atomic mass is 10.1. The van der Waals surface area contributed by atoms with Crippen LogP contribution in [0.5, 0.6) is 0 Å². The molecule has 1 aromatic heterocycles. The Morgan fingerprint density at radius 3 is 2.38 bits per heavy atom. The van der Waals surface area contributed by atoms with Gasteiger partial charge in [0, 0.05) is 30.7 Å². The van der Waals surface area contributed by atoms with Crippen molar-refractivity contribution in [3.8, 4) is 6.07 Å². The van der Waals surface area contributed by atoms with Crippen molar-refractivity contribution < 1.29 is 0 Å². The molecule has 2 heterocycles. The molecular formula is C17H18N4. The van der Waals surface area contributed by atoms with Gasteiger partial charge in [-0.2, -0.15) is 5.26 Å². The van der Waals surface area contributed by atoms with Crippen LogP contribution in [0.15, 0.2) is 42.6 Å². The minimum atomic E-state index is 0.570. The van der Waals surface area contributed by atoms with Crippen LogP contribution >= 0.6 is 0 Å². The van der Waals surface area contributed by atoms with E-state index in [4.69, 9.17) is 5.26 Å². The predicted molar refractivity (Wildman–Crippen MR) is 84.7 cm³/mol. The standard InChI is InChI=1S/C17H18N4/c18-12-14-4-9-17(19-13-14)20-15-5-7-16(8-6-15)21-10-2-1-3-11-21/h4-9,13H,1-3,10-11H2,(H,19,20). The summed E-state index contributed by atoms with van der Waals surface area (Å²) in [6.45, 7) is 2.31. The fraction of sp³-hybridized carbons (Fsp3) is 0.294. The van der Waals surface area contributed by atoms with E-state index in [1.807, 2.05) is 6.07 Å². The van der Waals surface area contributed by atoms with Crippen LogP contribution < -0.4 is 10.2 Å². The van der Waals surface area contributed by atoms with Gasteiger partial charge in [-0.25, -0.2) is 4.98 Å². The second kappa shape index (κ2) is 6.27. The van der Waals surface area contributed by atoms with Crippen molar-refractivity contribution in [2.75, 3.05) is 23.3 Å². The predicted octanol–water partition coefficient (Wildman–Crippen LogP) is 3.69. The lowest BCUT2D eigenvalue weighted by molar-refractivity contribution is 0.578.